The lowest BCUT2D eigenvalue weighted by Crippen LogP contribution is -2.52. The van der Waals surface area contributed by atoms with Gasteiger partial charge in [0.25, 0.3) is 15.9 Å². The zero-order valence-electron chi connectivity index (χ0n) is 13.8. The highest BCUT2D eigenvalue weighted by Crippen LogP contribution is 2.20. The summed E-state index contributed by atoms with van der Waals surface area (Å²) in [6, 6.07) is 6.11. The first-order valence-corrected chi connectivity index (χ1v) is 9.67. The van der Waals surface area contributed by atoms with Gasteiger partial charge in [0.2, 0.25) is 5.09 Å². The number of amides is 1. The molecule has 140 valence electrons. The smallest absolute Gasteiger partial charge is 0.284 e. The molecule has 0 atom stereocenters. The molecule has 3 N–H and O–H groups in total. The zero-order chi connectivity index (χ0) is 18.7. The fourth-order valence-electron chi connectivity index (χ4n) is 2.54. The van der Waals surface area contributed by atoms with Crippen molar-refractivity contribution in [2.24, 2.45) is 5.73 Å². The standard InChI is InChI=1S/C15H18N4O5S2/c16-14(20)12-3-4-13(24-12)26(21,22)19-7-5-18(6-8-19)15(25)17-10-11-2-1-9-23-11/h1-4,9H,5-8,10H2,(H2,16,20)(H,17,25). The van der Waals surface area contributed by atoms with Gasteiger partial charge >= 0.3 is 0 Å². The molecule has 2 aromatic heterocycles. The topological polar surface area (TPSA) is 122 Å². The van der Waals surface area contributed by atoms with E-state index in [9.17, 15) is 13.2 Å². The summed E-state index contributed by atoms with van der Waals surface area (Å²) in [7, 11) is -3.82. The molecule has 0 aromatic carbocycles. The first-order valence-electron chi connectivity index (χ1n) is 7.83. The molecular formula is C15H18N4O5S2. The Labute approximate surface area is 155 Å². The average Bonchev–Trinajstić information content (AvgIpc) is 3.31. The highest BCUT2D eigenvalue weighted by atomic mass is 32.2. The third-order valence-corrected chi connectivity index (χ3v) is 6.11. The highest BCUT2D eigenvalue weighted by Gasteiger charge is 2.32. The molecule has 11 heteroatoms. The van der Waals surface area contributed by atoms with Gasteiger partial charge in [0, 0.05) is 26.2 Å². The monoisotopic (exact) mass is 398 g/mol. The van der Waals surface area contributed by atoms with Crippen LogP contribution in [0.3, 0.4) is 0 Å². The number of carbonyl (C=O) groups excluding carboxylic acids is 1. The van der Waals surface area contributed by atoms with Gasteiger partial charge in [-0.2, -0.15) is 4.31 Å². The summed E-state index contributed by atoms with van der Waals surface area (Å²) in [6.45, 7) is 1.83. The van der Waals surface area contributed by atoms with Crippen molar-refractivity contribution in [3.8, 4) is 0 Å². The molecule has 0 saturated carbocycles. The van der Waals surface area contributed by atoms with Crippen LogP contribution in [0, 0.1) is 0 Å². The molecule has 0 radical (unpaired) electrons. The van der Waals surface area contributed by atoms with Gasteiger partial charge in [0.05, 0.1) is 12.8 Å². The summed E-state index contributed by atoms with van der Waals surface area (Å²) in [5.74, 6) is -0.244. The Morgan fingerprint density at radius 1 is 1.23 bits per heavy atom. The number of nitrogens with zero attached hydrogens (tertiary/aromatic N) is 2. The lowest BCUT2D eigenvalue weighted by atomic mass is 10.4. The van der Waals surface area contributed by atoms with Crippen LogP contribution < -0.4 is 11.1 Å². The second kappa shape index (κ2) is 7.48. The molecule has 1 amide bonds. The molecule has 0 spiro atoms. The number of carbonyl (C=O) groups is 1. The third-order valence-electron chi connectivity index (χ3n) is 3.94. The Hall–Kier alpha value is -2.37. The van der Waals surface area contributed by atoms with E-state index in [-0.39, 0.29) is 23.9 Å². The predicted molar refractivity (Wildman–Crippen MR) is 95.7 cm³/mol. The van der Waals surface area contributed by atoms with Crippen LogP contribution in [0.25, 0.3) is 0 Å². The van der Waals surface area contributed by atoms with Gasteiger partial charge < -0.3 is 24.8 Å². The molecule has 26 heavy (non-hydrogen) atoms. The van der Waals surface area contributed by atoms with E-state index >= 15 is 0 Å². The average molecular weight is 398 g/mol. The Balaban J connectivity index is 1.56. The van der Waals surface area contributed by atoms with Crippen LogP contribution in [0.4, 0.5) is 0 Å². The quantitative estimate of drug-likeness (QED) is 0.692. The summed E-state index contributed by atoms with van der Waals surface area (Å²) >= 11 is 5.34. The van der Waals surface area contributed by atoms with Crippen molar-refractivity contribution in [2.45, 2.75) is 11.6 Å². The molecule has 1 aliphatic rings. The fraction of sp³-hybridized carbons (Fsp3) is 0.333. The molecule has 3 heterocycles. The minimum absolute atomic E-state index is 0.189. The van der Waals surface area contributed by atoms with Gasteiger partial charge in [-0.3, -0.25) is 4.79 Å². The largest absolute Gasteiger partial charge is 0.467 e. The second-order valence-electron chi connectivity index (χ2n) is 5.61. The molecule has 2 aromatic rings. The van der Waals surface area contributed by atoms with Crippen LogP contribution in [0.2, 0.25) is 0 Å². The van der Waals surface area contributed by atoms with Crippen molar-refractivity contribution in [2.75, 3.05) is 26.2 Å². The molecule has 1 saturated heterocycles. The maximum Gasteiger partial charge on any atom is 0.284 e. The maximum atomic E-state index is 12.6. The van der Waals surface area contributed by atoms with Gasteiger partial charge in [0.15, 0.2) is 10.9 Å². The molecule has 0 unspecified atom stereocenters. The normalized spacial score (nSPS) is 15.8. The van der Waals surface area contributed by atoms with E-state index in [0.29, 0.717) is 24.7 Å². The number of sulfonamides is 1. The van der Waals surface area contributed by atoms with E-state index in [2.05, 4.69) is 5.32 Å². The van der Waals surface area contributed by atoms with Crippen LogP contribution in [-0.4, -0.2) is 54.8 Å². The van der Waals surface area contributed by atoms with E-state index in [4.69, 9.17) is 26.8 Å². The predicted octanol–water partition coefficient (Wildman–Crippen LogP) is 0.353. The lowest BCUT2D eigenvalue weighted by Gasteiger charge is -2.34. The van der Waals surface area contributed by atoms with Crippen molar-refractivity contribution in [1.29, 1.82) is 0 Å². The van der Waals surface area contributed by atoms with E-state index in [1.165, 1.54) is 16.4 Å². The third kappa shape index (κ3) is 3.89. The molecule has 3 rings (SSSR count). The summed E-state index contributed by atoms with van der Waals surface area (Å²) < 4.78 is 36.7. The molecular weight excluding hydrogens is 380 g/mol. The number of rotatable bonds is 5. The molecule has 0 bridgehead atoms. The number of nitrogens with two attached hydrogens (primary N) is 1. The lowest BCUT2D eigenvalue weighted by molar-refractivity contribution is 0.0968. The first-order chi connectivity index (χ1) is 12.4. The van der Waals surface area contributed by atoms with Crippen LogP contribution >= 0.6 is 12.2 Å². The Morgan fingerprint density at radius 2 is 1.96 bits per heavy atom. The number of primary amides is 1. The van der Waals surface area contributed by atoms with E-state index in [1.807, 2.05) is 11.0 Å². The molecule has 9 nitrogen and oxygen atoms in total. The Kier molecular flexibility index (Phi) is 5.30. The summed E-state index contributed by atoms with van der Waals surface area (Å²) in [6.07, 6.45) is 1.59. The van der Waals surface area contributed by atoms with Crippen molar-refractivity contribution in [1.82, 2.24) is 14.5 Å². The van der Waals surface area contributed by atoms with Gasteiger partial charge in [-0.15, -0.1) is 0 Å². The van der Waals surface area contributed by atoms with Crippen LogP contribution in [0.5, 0.6) is 0 Å². The van der Waals surface area contributed by atoms with Gasteiger partial charge in [-0.1, -0.05) is 0 Å². The van der Waals surface area contributed by atoms with Crippen molar-refractivity contribution >= 4 is 33.3 Å². The second-order valence-corrected chi connectivity index (χ2v) is 7.87. The van der Waals surface area contributed by atoms with Gasteiger partial charge in [-0.25, -0.2) is 8.42 Å². The zero-order valence-corrected chi connectivity index (χ0v) is 15.4. The minimum Gasteiger partial charge on any atom is -0.467 e. The van der Waals surface area contributed by atoms with E-state index in [1.54, 1.807) is 12.3 Å². The molecule has 1 fully saturated rings. The number of piperazine rings is 1. The van der Waals surface area contributed by atoms with Gasteiger partial charge in [0.1, 0.15) is 5.76 Å². The number of hydrogen-bond acceptors (Lipinski definition) is 6. The van der Waals surface area contributed by atoms with E-state index in [0.717, 1.165) is 5.76 Å². The minimum atomic E-state index is -3.82. The van der Waals surface area contributed by atoms with Crippen molar-refractivity contribution in [3.63, 3.8) is 0 Å². The number of hydrogen-bond donors (Lipinski definition) is 2. The van der Waals surface area contributed by atoms with Crippen LogP contribution in [-0.2, 0) is 16.6 Å². The summed E-state index contributed by atoms with van der Waals surface area (Å²) in [4.78, 5) is 13.0. The van der Waals surface area contributed by atoms with Crippen molar-refractivity contribution in [3.05, 3.63) is 42.0 Å². The first kappa shape index (κ1) is 18.4. The Bertz CT molecular complexity index is 883. The highest BCUT2D eigenvalue weighted by molar-refractivity contribution is 7.89. The maximum absolute atomic E-state index is 12.6. The number of nitrogens with one attached hydrogen (secondary N) is 1. The van der Waals surface area contributed by atoms with Crippen molar-refractivity contribution < 1.29 is 22.0 Å². The number of furan rings is 2. The van der Waals surface area contributed by atoms with E-state index < -0.39 is 15.9 Å². The summed E-state index contributed by atoms with van der Waals surface area (Å²) in [5, 5.41) is 3.32. The van der Waals surface area contributed by atoms with Crippen LogP contribution in [0.15, 0.2) is 44.5 Å². The number of thiocarbonyl (C=S) groups is 1. The molecule has 0 aliphatic carbocycles. The van der Waals surface area contributed by atoms with Crippen LogP contribution in [0.1, 0.15) is 16.3 Å². The molecule has 1 aliphatic heterocycles. The Morgan fingerprint density at radius 3 is 2.54 bits per heavy atom. The fourth-order valence-corrected chi connectivity index (χ4v) is 4.13. The summed E-state index contributed by atoms with van der Waals surface area (Å²) in [5.41, 5.74) is 5.09. The SMILES string of the molecule is NC(=O)c1ccc(S(=O)(=O)N2CCN(C(=S)NCc3ccco3)CC2)o1. The van der Waals surface area contributed by atoms with Gasteiger partial charge in [-0.05, 0) is 36.5 Å².